The lowest BCUT2D eigenvalue weighted by Crippen LogP contribution is -2.32. The van der Waals surface area contributed by atoms with Gasteiger partial charge >= 0.3 is 0 Å². The number of hydrogen-bond acceptors (Lipinski definition) is 8. The lowest BCUT2D eigenvalue weighted by atomic mass is 9.95. The van der Waals surface area contributed by atoms with Crippen molar-refractivity contribution in [2.75, 3.05) is 41.4 Å². The van der Waals surface area contributed by atoms with Gasteiger partial charge in [-0.3, -0.25) is 19.7 Å². The molecule has 1 fully saturated rings. The van der Waals surface area contributed by atoms with Crippen molar-refractivity contribution < 1.29 is 29.1 Å². The first kappa shape index (κ1) is 24.7. The fraction of sp³-hybridized carbons (Fsp3) is 0.333. The van der Waals surface area contributed by atoms with E-state index in [1.807, 2.05) is 19.0 Å². The molecular weight excluding hydrogens is 442 g/mol. The Morgan fingerprint density at radius 2 is 1.74 bits per heavy atom. The molecule has 2 aromatic rings. The minimum Gasteiger partial charge on any atom is -0.507 e. The summed E-state index contributed by atoms with van der Waals surface area (Å²) in [7, 11) is 6.73. The van der Waals surface area contributed by atoms with Crippen LogP contribution in [0.2, 0.25) is 0 Å². The van der Waals surface area contributed by atoms with Gasteiger partial charge in [-0.1, -0.05) is 0 Å². The normalized spacial score (nSPS) is 17.3. The first-order chi connectivity index (χ1) is 16.2. The Labute approximate surface area is 197 Å². The summed E-state index contributed by atoms with van der Waals surface area (Å²) in [5.74, 6) is -1.13. The molecule has 10 heteroatoms. The number of methoxy groups -OCH3 is 2. The highest BCUT2D eigenvalue weighted by Crippen LogP contribution is 2.41. The minimum absolute atomic E-state index is 0.0871. The number of ketones is 1. The summed E-state index contributed by atoms with van der Waals surface area (Å²) in [5.41, 5.74) is 0.552. The van der Waals surface area contributed by atoms with Gasteiger partial charge in [0.15, 0.2) is 11.5 Å². The van der Waals surface area contributed by atoms with Gasteiger partial charge in [0.1, 0.15) is 5.76 Å². The Hall–Kier alpha value is -3.92. The van der Waals surface area contributed by atoms with Crippen LogP contribution >= 0.6 is 0 Å². The summed E-state index contributed by atoms with van der Waals surface area (Å²) < 4.78 is 10.5. The first-order valence-corrected chi connectivity index (χ1v) is 10.6. The molecule has 0 bridgehead atoms. The molecule has 1 amide bonds. The lowest BCUT2D eigenvalue weighted by Gasteiger charge is -2.26. The van der Waals surface area contributed by atoms with E-state index in [4.69, 9.17) is 9.47 Å². The van der Waals surface area contributed by atoms with E-state index in [0.29, 0.717) is 30.0 Å². The Morgan fingerprint density at radius 1 is 1.09 bits per heavy atom. The highest BCUT2D eigenvalue weighted by molar-refractivity contribution is 6.46. The van der Waals surface area contributed by atoms with Gasteiger partial charge in [-0.05, 0) is 63.0 Å². The molecule has 0 radical (unpaired) electrons. The SMILES string of the molecule is COc1ccc(/C(O)=C2\C(=O)C(=O)N(CCCN(C)C)[C@H]2c2ccc([N+](=O)[O-])cc2)cc1OC. The van der Waals surface area contributed by atoms with E-state index in [1.54, 1.807) is 12.1 Å². The van der Waals surface area contributed by atoms with Crippen molar-refractivity contribution in [2.24, 2.45) is 0 Å². The summed E-state index contributed by atoms with van der Waals surface area (Å²) in [5, 5.41) is 22.3. The van der Waals surface area contributed by atoms with Crippen LogP contribution in [0.3, 0.4) is 0 Å². The number of rotatable bonds is 9. The van der Waals surface area contributed by atoms with Gasteiger partial charge in [0, 0.05) is 24.2 Å². The number of carbonyl (C=O) groups excluding carboxylic acids is 2. The number of benzene rings is 2. The van der Waals surface area contributed by atoms with E-state index >= 15 is 0 Å². The highest BCUT2D eigenvalue weighted by atomic mass is 16.6. The topological polar surface area (TPSA) is 122 Å². The summed E-state index contributed by atoms with van der Waals surface area (Å²) in [6.07, 6.45) is 0.597. The third-order valence-electron chi connectivity index (χ3n) is 5.62. The van der Waals surface area contributed by atoms with Crippen LogP contribution in [0, 0.1) is 10.1 Å². The number of likely N-dealkylation sites (tertiary alicyclic amines) is 1. The van der Waals surface area contributed by atoms with Gasteiger partial charge in [-0.15, -0.1) is 0 Å². The molecule has 1 aliphatic rings. The molecule has 10 nitrogen and oxygen atoms in total. The molecule has 0 saturated carbocycles. The zero-order valence-electron chi connectivity index (χ0n) is 19.5. The van der Waals surface area contributed by atoms with Gasteiger partial charge in [0.05, 0.1) is 30.8 Å². The number of nitro benzene ring substituents is 1. The number of ether oxygens (including phenoxy) is 2. The molecule has 1 atom stereocenters. The first-order valence-electron chi connectivity index (χ1n) is 10.6. The fourth-order valence-electron chi connectivity index (χ4n) is 3.93. The molecule has 0 aromatic heterocycles. The van der Waals surface area contributed by atoms with E-state index in [9.17, 15) is 24.8 Å². The third-order valence-corrected chi connectivity index (χ3v) is 5.62. The number of non-ortho nitro benzene ring substituents is 1. The number of aliphatic hydroxyl groups excluding tert-OH is 1. The maximum absolute atomic E-state index is 13.1. The molecule has 2 aromatic carbocycles. The van der Waals surface area contributed by atoms with Gasteiger partial charge < -0.3 is 24.4 Å². The Balaban J connectivity index is 2.13. The van der Waals surface area contributed by atoms with E-state index in [1.165, 1.54) is 49.5 Å². The van der Waals surface area contributed by atoms with Gasteiger partial charge in [-0.25, -0.2) is 0 Å². The average molecular weight is 469 g/mol. The second kappa shape index (κ2) is 10.3. The van der Waals surface area contributed by atoms with Crippen molar-refractivity contribution in [3.63, 3.8) is 0 Å². The number of nitrogens with zero attached hydrogens (tertiary/aromatic N) is 3. The van der Waals surface area contributed by atoms with E-state index in [0.717, 1.165) is 0 Å². The summed E-state index contributed by atoms with van der Waals surface area (Å²) in [6, 6.07) is 9.38. The molecular formula is C24H27N3O7. The molecule has 1 aliphatic heterocycles. The molecule has 1 heterocycles. The van der Waals surface area contributed by atoms with Gasteiger partial charge in [-0.2, -0.15) is 0 Å². The van der Waals surface area contributed by atoms with Crippen LogP contribution in [0.1, 0.15) is 23.6 Å². The number of hydrogen-bond donors (Lipinski definition) is 1. The Bertz CT molecular complexity index is 1130. The smallest absolute Gasteiger partial charge is 0.295 e. The molecule has 0 aliphatic carbocycles. The standard InChI is InChI=1S/C24H27N3O7/c1-25(2)12-5-13-26-21(15-6-9-17(10-7-15)27(31)32)20(23(29)24(26)30)22(28)16-8-11-18(33-3)19(14-16)34-4/h6-11,14,21,28H,5,12-13H2,1-4H3/b22-20+/t21-/m0/s1. The second-order valence-corrected chi connectivity index (χ2v) is 8.07. The lowest BCUT2D eigenvalue weighted by molar-refractivity contribution is -0.384. The molecule has 3 rings (SSSR count). The zero-order valence-corrected chi connectivity index (χ0v) is 19.5. The summed E-state index contributed by atoms with van der Waals surface area (Å²) in [4.78, 5) is 40.0. The number of carbonyl (C=O) groups is 2. The van der Waals surface area contributed by atoms with E-state index in [-0.39, 0.29) is 29.1 Å². The number of nitro groups is 1. The quantitative estimate of drug-likeness (QED) is 0.196. The number of amides is 1. The number of Topliss-reactive ketones (excluding diaryl/α,β-unsaturated/α-hetero) is 1. The van der Waals surface area contributed by atoms with Crippen molar-refractivity contribution in [2.45, 2.75) is 12.5 Å². The largest absolute Gasteiger partial charge is 0.507 e. The van der Waals surface area contributed by atoms with Crippen LogP contribution in [-0.4, -0.2) is 72.9 Å². The van der Waals surface area contributed by atoms with E-state index < -0.39 is 22.7 Å². The second-order valence-electron chi connectivity index (χ2n) is 8.07. The van der Waals surface area contributed by atoms with Crippen LogP contribution in [0.4, 0.5) is 5.69 Å². The monoisotopic (exact) mass is 469 g/mol. The third kappa shape index (κ3) is 4.86. The molecule has 180 valence electrons. The van der Waals surface area contributed by atoms with Crippen molar-refractivity contribution in [3.8, 4) is 11.5 Å². The average Bonchev–Trinajstić information content (AvgIpc) is 3.07. The molecule has 0 spiro atoms. The molecule has 1 N–H and O–H groups in total. The molecule has 1 saturated heterocycles. The maximum Gasteiger partial charge on any atom is 0.295 e. The van der Waals surface area contributed by atoms with Crippen molar-refractivity contribution >= 4 is 23.1 Å². The Kier molecular flexibility index (Phi) is 7.52. The van der Waals surface area contributed by atoms with Crippen molar-refractivity contribution in [1.82, 2.24) is 9.80 Å². The zero-order chi connectivity index (χ0) is 25.0. The maximum atomic E-state index is 13.1. The summed E-state index contributed by atoms with van der Waals surface area (Å²) in [6.45, 7) is 0.957. The van der Waals surface area contributed by atoms with Crippen LogP contribution in [0.25, 0.3) is 5.76 Å². The highest BCUT2D eigenvalue weighted by Gasteiger charge is 2.46. The van der Waals surface area contributed by atoms with Gasteiger partial charge in [0.25, 0.3) is 17.4 Å². The minimum atomic E-state index is -0.893. The van der Waals surface area contributed by atoms with Crippen molar-refractivity contribution in [1.29, 1.82) is 0 Å². The van der Waals surface area contributed by atoms with Crippen molar-refractivity contribution in [3.05, 3.63) is 69.3 Å². The predicted octanol–water partition coefficient (Wildman–Crippen LogP) is 2.99. The Morgan fingerprint density at radius 3 is 2.29 bits per heavy atom. The summed E-state index contributed by atoms with van der Waals surface area (Å²) >= 11 is 0. The van der Waals surface area contributed by atoms with Crippen LogP contribution in [0.15, 0.2) is 48.0 Å². The molecule has 34 heavy (non-hydrogen) atoms. The van der Waals surface area contributed by atoms with Gasteiger partial charge in [0.2, 0.25) is 0 Å². The predicted molar refractivity (Wildman–Crippen MR) is 125 cm³/mol. The van der Waals surface area contributed by atoms with Crippen LogP contribution < -0.4 is 9.47 Å². The van der Waals surface area contributed by atoms with Crippen LogP contribution in [-0.2, 0) is 9.59 Å². The molecule has 0 unspecified atom stereocenters. The number of aliphatic hydroxyl groups is 1. The van der Waals surface area contributed by atoms with Crippen LogP contribution in [0.5, 0.6) is 11.5 Å². The van der Waals surface area contributed by atoms with E-state index in [2.05, 4.69) is 0 Å². The fourth-order valence-corrected chi connectivity index (χ4v) is 3.93.